The van der Waals surface area contributed by atoms with Crippen LogP contribution in [0, 0.1) is 6.92 Å². The van der Waals surface area contributed by atoms with Gasteiger partial charge in [-0.15, -0.1) is 0 Å². The monoisotopic (exact) mass is 479 g/mol. The van der Waals surface area contributed by atoms with Crippen molar-refractivity contribution in [2.45, 2.75) is 20.1 Å². The number of nitrogens with zero attached hydrogens (tertiary/aromatic N) is 4. The van der Waals surface area contributed by atoms with E-state index in [0.717, 1.165) is 60.0 Å². The van der Waals surface area contributed by atoms with Crippen molar-refractivity contribution < 1.29 is 18.3 Å². The molecule has 0 atom stereocenters. The van der Waals surface area contributed by atoms with Crippen LogP contribution in [0.4, 0.5) is 14.6 Å². The molecule has 0 saturated carbocycles. The number of hydrogen-bond donors (Lipinski definition) is 1. The van der Waals surface area contributed by atoms with Crippen LogP contribution >= 0.6 is 0 Å². The summed E-state index contributed by atoms with van der Waals surface area (Å²) in [5, 5.41) is 3.35. The van der Waals surface area contributed by atoms with Gasteiger partial charge < -0.3 is 24.3 Å². The smallest absolute Gasteiger partial charge is 0.387 e. The second kappa shape index (κ2) is 9.87. The van der Waals surface area contributed by atoms with Crippen molar-refractivity contribution in [1.29, 1.82) is 0 Å². The molecule has 3 heterocycles. The number of imidazole rings is 1. The van der Waals surface area contributed by atoms with E-state index >= 15 is 0 Å². The van der Waals surface area contributed by atoms with Gasteiger partial charge in [-0.2, -0.15) is 8.78 Å². The Morgan fingerprint density at radius 1 is 1.06 bits per heavy atom. The first-order chi connectivity index (χ1) is 17.0. The molecule has 0 amide bonds. The lowest BCUT2D eigenvalue weighted by Gasteiger charge is -2.28. The van der Waals surface area contributed by atoms with E-state index in [2.05, 4.69) is 38.4 Å². The maximum Gasteiger partial charge on any atom is 0.387 e. The van der Waals surface area contributed by atoms with Crippen molar-refractivity contribution in [1.82, 2.24) is 19.9 Å². The maximum atomic E-state index is 13.1. The quantitative estimate of drug-likeness (QED) is 0.422. The number of fused-ring (bicyclic) bond motifs is 1. The highest BCUT2D eigenvalue weighted by Crippen LogP contribution is 2.34. The van der Waals surface area contributed by atoms with E-state index in [1.54, 1.807) is 18.2 Å². The number of aryl methyl sites for hydroxylation is 1. The second-order valence-corrected chi connectivity index (χ2v) is 8.42. The molecule has 2 aromatic carbocycles. The molecule has 1 aliphatic rings. The number of pyridine rings is 1. The van der Waals surface area contributed by atoms with Gasteiger partial charge in [0.25, 0.3) is 0 Å². The third-order valence-corrected chi connectivity index (χ3v) is 6.28. The zero-order valence-corrected chi connectivity index (χ0v) is 19.7. The Labute approximate surface area is 202 Å². The minimum absolute atomic E-state index is 0.0371. The van der Waals surface area contributed by atoms with Crippen LogP contribution in [0.15, 0.2) is 54.7 Å². The Morgan fingerprint density at radius 2 is 1.86 bits per heavy atom. The SMILES string of the molecule is COc1cccc(Cn2c(C)nc3ccc(-c4ccc(N5CCNCC5)nc4)cc32)c1OC(F)F. The number of rotatable bonds is 7. The van der Waals surface area contributed by atoms with Gasteiger partial charge in [0.15, 0.2) is 11.5 Å². The standard InChI is InChI=1S/C26H27F2N5O2/c1-17-31-21-8-6-18(19-7-9-24(30-15-19)32-12-10-29-11-13-32)14-22(21)33(17)16-20-4-3-5-23(34-2)25(20)35-26(27)28/h3-9,14-15,26,29H,10-13,16H2,1-2H3. The van der Waals surface area contributed by atoms with Crippen molar-refractivity contribution in [3.05, 3.63) is 66.1 Å². The van der Waals surface area contributed by atoms with Crippen molar-refractivity contribution >= 4 is 16.9 Å². The molecule has 0 radical (unpaired) electrons. The average molecular weight is 480 g/mol. The van der Waals surface area contributed by atoms with Crippen LogP contribution in [0.2, 0.25) is 0 Å². The van der Waals surface area contributed by atoms with Gasteiger partial charge in [0.2, 0.25) is 0 Å². The van der Waals surface area contributed by atoms with Crippen LogP contribution in [0.1, 0.15) is 11.4 Å². The Hall–Kier alpha value is -3.72. The van der Waals surface area contributed by atoms with Gasteiger partial charge in [-0.25, -0.2) is 9.97 Å². The molecule has 0 bridgehead atoms. The van der Waals surface area contributed by atoms with E-state index in [4.69, 9.17) is 9.47 Å². The molecule has 1 N–H and O–H groups in total. The summed E-state index contributed by atoms with van der Waals surface area (Å²) in [5.41, 5.74) is 4.32. The number of benzene rings is 2. The molecule has 0 unspecified atom stereocenters. The van der Waals surface area contributed by atoms with Gasteiger partial charge in [-0.05, 0) is 42.8 Å². The van der Waals surface area contributed by atoms with Crippen molar-refractivity contribution in [2.75, 3.05) is 38.2 Å². The molecule has 1 saturated heterocycles. The van der Waals surface area contributed by atoms with E-state index < -0.39 is 6.61 Å². The zero-order valence-electron chi connectivity index (χ0n) is 19.7. The molecular formula is C26H27F2N5O2. The number of aromatic nitrogens is 3. The van der Waals surface area contributed by atoms with Gasteiger partial charge >= 0.3 is 6.61 Å². The molecule has 0 aliphatic carbocycles. The normalized spacial score (nSPS) is 14.0. The van der Waals surface area contributed by atoms with E-state index in [9.17, 15) is 8.78 Å². The number of para-hydroxylation sites is 1. The van der Waals surface area contributed by atoms with E-state index in [0.29, 0.717) is 12.1 Å². The average Bonchev–Trinajstić information content (AvgIpc) is 3.19. The lowest BCUT2D eigenvalue weighted by Crippen LogP contribution is -2.43. The van der Waals surface area contributed by atoms with Crippen molar-refractivity contribution in [3.63, 3.8) is 0 Å². The van der Waals surface area contributed by atoms with Gasteiger partial charge in [0.1, 0.15) is 11.6 Å². The summed E-state index contributed by atoms with van der Waals surface area (Å²) in [4.78, 5) is 11.6. The molecule has 9 heteroatoms. The molecular weight excluding hydrogens is 452 g/mol. The minimum atomic E-state index is -2.95. The van der Waals surface area contributed by atoms with Crippen LogP contribution in [0.3, 0.4) is 0 Å². The summed E-state index contributed by atoms with van der Waals surface area (Å²) in [5.74, 6) is 2.05. The number of anilines is 1. The molecule has 2 aromatic heterocycles. The predicted molar refractivity (Wildman–Crippen MR) is 132 cm³/mol. The molecule has 4 aromatic rings. The van der Waals surface area contributed by atoms with Crippen LogP contribution in [0.25, 0.3) is 22.2 Å². The molecule has 0 spiro atoms. The lowest BCUT2D eigenvalue weighted by atomic mass is 10.1. The van der Waals surface area contributed by atoms with Crippen molar-refractivity contribution in [3.8, 4) is 22.6 Å². The molecule has 1 fully saturated rings. The summed E-state index contributed by atoms with van der Waals surface area (Å²) < 4.78 is 38.3. The van der Waals surface area contributed by atoms with Crippen LogP contribution in [-0.2, 0) is 6.54 Å². The molecule has 35 heavy (non-hydrogen) atoms. The fourth-order valence-electron chi connectivity index (χ4n) is 4.50. The van der Waals surface area contributed by atoms with Crippen LogP contribution in [-0.4, -0.2) is 54.4 Å². The number of hydrogen-bond acceptors (Lipinski definition) is 6. The third kappa shape index (κ3) is 4.77. The highest BCUT2D eigenvalue weighted by Gasteiger charge is 2.18. The number of nitrogens with one attached hydrogen (secondary N) is 1. The van der Waals surface area contributed by atoms with Crippen molar-refractivity contribution in [2.24, 2.45) is 0 Å². The Kier molecular flexibility index (Phi) is 6.50. The van der Waals surface area contributed by atoms with Gasteiger partial charge in [0, 0.05) is 43.5 Å². The fraction of sp³-hybridized carbons (Fsp3) is 0.308. The summed E-state index contributed by atoms with van der Waals surface area (Å²) in [6, 6.07) is 15.3. The molecule has 182 valence electrons. The Bertz CT molecular complexity index is 1320. The number of ether oxygens (including phenoxy) is 2. The third-order valence-electron chi connectivity index (χ3n) is 6.28. The number of alkyl halides is 2. The van der Waals surface area contributed by atoms with Gasteiger partial charge in [-0.1, -0.05) is 18.2 Å². The summed E-state index contributed by atoms with van der Waals surface area (Å²) >= 11 is 0. The first kappa shape index (κ1) is 23.0. The first-order valence-corrected chi connectivity index (χ1v) is 11.5. The number of methoxy groups -OCH3 is 1. The molecule has 7 nitrogen and oxygen atoms in total. The Morgan fingerprint density at radius 3 is 2.57 bits per heavy atom. The second-order valence-electron chi connectivity index (χ2n) is 8.42. The zero-order chi connectivity index (χ0) is 24.4. The summed E-state index contributed by atoms with van der Waals surface area (Å²) in [7, 11) is 1.43. The molecule has 1 aliphatic heterocycles. The van der Waals surface area contributed by atoms with Crippen LogP contribution in [0.5, 0.6) is 11.5 Å². The number of halogens is 2. The van der Waals surface area contributed by atoms with Gasteiger partial charge in [0.05, 0.1) is 24.7 Å². The fourth-order valence-corrected chi connectivity index (χ4v) is 4.50. The predicted octanol–water partition coefficient (Wildman–Crippen LogP) is 4.47. The summed E-state index contributed by atoms with van der Waals surface area (Å²) in [6.45, 7) is 3.06. The topological polar surface area (TPSA) is 64.4 Å². The lowest BCUT2D eigenvalue weighted by molar-refractivity contribution is -0.0518. The van der Waals surface area contributed by atoms with E-state index in [1.807, 2.05) is 29.8 Å². The molecule has 5 rings (SSSR count). The van der Waals surface area contributed by atoms with E-state index in [-0.39, 0.29) is 11.5 Å². The van der Waals surface area contributed by atoms with Gasteiger partial charge in [-0.3, -0.25) is 0 Å². The number of piperazine rings is 1. The van der Waals surface area contributed by atoms with E-state index in [1.165, 1.54) is 7.11 Å². The first-order valence-electron chi connectivity index (χ1n) is 11.5. The maximum absolute atomic E-state index is 13.1. The minimum Gasteiger partial charge on any atom is -0.493 e. The highest BCUT2D eigenvalue weighted by atomic mass is 19.3. The summed E-state index contributed by atoms with van der Waals surface area (Å²) in [6.07, 6.45) is 1.89. The Balaban J connectivity index is 1.48. The largest absolute Gasteiger partial charge is 0.493 e. The highest BCUT2D eigenvalue weighted by molar-refractivity contribution is 5.83. The van der Waals surface area contributed by atoms with Crippen LogP contribution < -0.4 is 19.7 Å².